The van der Waals surface area contributed by atoms with Crippen molar-refractivity contribution in [2.45, 2.75) is 6.92 Å². The number of hydrogen-bond acceptors (Lipinski definition) is 3. The van der Waals surface area contributed by atoms with Crippen LogP contribution >= 0.6 is 11.6 Å². The van der Waals surface area contributed by atoms with E-state index in [0.29, 0.717) is 16.7 Å². The molecule has 0 saturated carbocycles. The van der Waals surface area contributed by atoms with Gasteiger partial charge in [0.25, 0.3) is 0 Å². The van der Waals surface area contributed by atoms with E-state index in [9.17, 15) is 0 Å². The van der Waals surface area contributed by atoms with E-state index in [-0.39, 0.29) is 0 Å². The molecule has 0 N–H and O–H groups in total. The minimum Gasteiger partial charge on any atom is -0.212 e. The van der Waals surface area contributed by atoms with Crippen LogP contribution < -0.4 is 0 Å². The average Bonchev–Trinajstić information content (AvgIpc) is 2.49. The number of nitrogens with zero attached hydrogens (tertiary/aromatic N) is 3. The molecule has 2 aromatic carbocycles. The summed E-state index contributed by atoms with van der Waals surface area (Å²) in [6.07, 6.45) is 0. The van der Waals surface area contributed by atoms with Gasteiger partial charge in [0.1, 0.15) is 5.69 Å². The van der Waals surface area contributed by atoms with Crippen molar-refractivity contribution < 1.29 is 0 Å². The standard InChI is InChI=1S/C16H12ClN3/c1-11-7-9-13(10-8-11)16-18-15(17)14(19-20-16)12-5-3-2-4-6-12/h2-10H,1H3. The molecule has 0 unspecified atom stereocenters. The van der Waals surface area contributed by atoms with Crippen LogP contribution in [0.1, 0.15) is 5.56 Å². The van der Waals surface area contributed by atoms with Crippen molar-refractivity contribution in [3.8, 4) is 22.6 Å². The van der Waals surface area contributed by atoms with Crippen LogP contribution in [0.15, 0.2) is 54.6 Å². The fourth-order valence-electron chi connectivity index (χ4n) is 1.90. The predicted octanol–water partition coefficient (Wildman–Crippen LogP) is 4.17. The summed E-state index contributed by atoms with van der Waals surface area (Å²) in [4.78, 5) is 4.34. The number of aromatic nitrogens is 3. The lowest BCUT2D eigenvalue weighted by atomic mass is 10.1. The van der Waals surface area contributed by atoms with Crippen molar-refractivity contribution >= 4 is 11.6 Å². The monoisotopic (exact) mass is 281 g/mol. The molecule has 3 rings (SSSR count). The van der Waals surface area contributed by atoms with Gasteiger partial charge in [-0.25, -0.2) is 4.98 Å². The first kappa shape index (κ1) is 12.8. The maximum Gasteiger partial charge on any atom is 0.183 e. The maximum atomic E-state index is 6.23. The highest BCUT2D eigenvalue weighted by Crippen LogP contribution is 2.25. The van der Waals surface area contributed by atoms with E-state index in [1.54, 1.807) is 0 Å². The van der Waals surface area contributed by atoms with Crippen LogP contribution in [-0.4, -0.2) is 15.2 Å². The van der Waals surface area contributed by atoms with Crippen molar-refractivity contribution in [2.24, 2.45) is 0 Å². The molecule has 0 radical (unpaired) electrons. The molecular weight excluding hydrogens is 270 g/mol. The summed E-state index contributed by atoms with van der Waals surface area (Å²) >= 11 is 6.23. The third-order valence-corrected chi connectivity index (χ3v) is 3.26. The highest BCUT2D eigenvalue weighted by atomic mass is 35.5. The van der Waals surface area contributed by atoms with E-state index >= 15 is 0 Å². The zero-order chi connectivity index (χ0) is 13.9. The quantitative estimate of drug-likeness (QED) is 0.708. The Morgan fingerprint density at radius 3 is 2.15 bits per heavy atom. The van der Waals surface area contributed by atoms with Crippen molar-refractivity contribution in [3.05, 3.63) is 65.3 Å². The van der Waals surface area contributed by atoms with Gasteiger partial charge in [0, 0.05) is 11.1 Å². The zero-order valence-electron chi connectivity index (χ0n) is 10.9. The number of benzene rings is 2. The van der Waals surface area contributed by atoms with Crippen LogP contribution in [0, 0.1) is 6.92 Å². The molecule has 0 fully saturated rings. The van der Waals surface area contributed by atoms with E-state index in [1.165, 1.54) is 5.56 Å². The Kier molecular flexibility index (Phi) is 3.44. The first-order valence-electron chi connectivity index (χ1n) is 6.27. The van der Waals surface area contributed by atoms with Gasteiger partial charge in [-0.1, -0.05) is 71.8 Å². The normalized spacial score (nSPS) is 10.5. The molecule has 4 heteroatoms. The first-order chi connectivity index (χ1) is 9.74. The van der Waals surface area contributed by atoms with Crippen molar-refractivity contribution in [2.75, 3.05) is 0 Å². The van der Waals surface area contributed by atoms with Gasteiger partial charge in [0.2, 0.25) is 0 Å². The summed E-state index contributed by atoms with van der Waals surface area (Å²) in [5.74, 6) is 0.537. The van der Waals surface area contributed by atoms with Crippen molar-refractivity contribution in [1.29, 1.82) is 0 Å². The van der Waals surface area contributed by atoms with Gasteiger partial charge in [-0.2, -0.15) is 0 Å². The van der Waals surface area contributed by atoms with E-state index in [0.717, 1.165) is 11.1 Å². The Morgan fingerprint density at radius 2 is 1.50 bits per heavy atom. The van der Waals surface area contributed by atoms with Crippen molar-refractivity contribution in [1.82, 2.24) is 15.2 Å². The molecule has 3 aromatic rings. The maximum absolute atomic E-state index is 6.23. The summed E-state index contributed by atoms with van der Waals surface area (Å²) < 4.78 is 0. The summed E-state index contributed by atoms with van der Waals surface area (Å²) in [6.45, 7) is 2.04. The third-order valence-electron chi connectivity index (χ3n) is 3.00. The molecule has 0 amide bonds. The smallest absolute Gasteiger partial charge is 0.183 e. The Bertz CT molecular complexity index is 724. The molecule has 0 spiro atoms. The second-order valence-electron chi connectivity index (χ2n) is 4.51. The number of aryl methyl sites for hydroxylation is 1. The highest BCUT2D eigenvalue weighted by molar-refractivity contribution is 6.31. The highest BCUT2D eigenvalue weighted by Gasteiger charge is 2.10. The first-order valence-corrected chi connectivity index (χ1v) is 6.64. The predicted molar refractivity (Wildman–Crippen MR) is 80.4 cm³/mol. The minimum atomic E-state index is 0.363. The van der Waals surface area contributed by atoms with Crippen molar-refractivity contribution in [3.63, 3.8) is 0 Å². The summed E-state index contributed by atoms with van der Waals surface area (Å²) in [5.41, 5.74) is 3.61. The number of halogens is 1. The van der Waals surface area contributed by atoms with E-state index in [2.05, 4.69) is 15.2 Å². The molecule has 98 valence electrons. The molecule has 0 aliphatic heterocycles. The molecule has 1 aromatic heterocycles. The van der Waals surface area contributed by atoms with Gasteiger partial charge in [-0.3, -0.25) is 0 Å². The summed E-state index contributed by atoms with van der Waals surface area (Å²) in [6, 6.07) is 17.6. The van der Waals surface area contributed by atoms with Crippen LogP contribution in [0.2, 0.25) is 5.15 Å². The molecule has 1 heterocycles. The van der Waals surface area contributed by atoms with E-state index in [1.807, 2.05) is 61.5 Å². The second kappa shape index (κ2) is 5.39. The third kappa shape index (κ3) is 2.53. The lowest BCUT2D eigenvalue weighted by molar-refractivity contribution is 0.987. The average molecular weight is 282 g/mol. The molecule has 0 aliphatic rings. The topological polar surface area (TPSA) is 38.7 Å². The Balaban J connectivity index is 2.01. The van der Waals surface area contributed by atoms with Gasteiger partial charge in [-0.05, 0) is 6.92 Å². The SMILES string of the molecule is Cc1ccc(-c2nnc(-c3ccccc3)c(Cl)n2)cc1. The lowest BCUT2D eigenvalue weighted by Gasteiger charge is -2.04. The zero-order valence-corrected chi connectivity index (χ0v) is 11.7. The Morgan fingerprint density at radius 1 is 0.800 bits per heavy atom. The molecule has 20 heavy (non-hydrogen) atoms. The van der Waals surface area contributed by atoms with Gasteiger partial charge < -0.3 is 0 Å². The van der Waals surface area contributed by atoms with Crippen LogP contribution in [0.5, 0.6) is 0 Å². The molecule has 0 bridgehead atoms. The molecular formula is C16H12ClN3. The fraction of sp³-hybridized carbons (Fsp3) is 0.0625. The molecule has 0 saturated heterocycles. The van der Waals surface area contributed by atoms with Crippen LogP contribution in [0.4, 0.5) is 0 Å². The lowest BCUT2D eigenvalue weighted by Crippen LogP contribution is -1.96. The van der Waals surface area contributed by atoms with Crippen LogP contribution in [-0.2, 0) is 0 Å². The summed E-state index contributed by atoms with van der Waals surface area (Å²) in [7, 11) is 0. The van der Waals surface area contributed by atoms with E-state index < -0.39 is 0 Å². The van der Waals surface area contributed by atoms with Gasteiger partial charge in [-0.15, -0.1) is 10.2 Å². The number of rotatable bonds is 2. The Labute approximate surface area is 122 Å². The van der Waals surface area contributed by atoms with Crippen LogP contribution in [0.3, 0.4) is 0 Å². The largest absolute Gasteiger partial charge is 0.212 e. The Hall–Kier alpha value is -2.26. The van der Waals surface area contributed by atoms with Gasteiger partial charge >= 0.3 is 0 Å². The van der Waals surface area contributed by atoms with Crippen LogP contribution in [0.25, 0.3) is 22.6 Å². The van der Waals surface area contributed by atoms with Gasteiger partial charge in [0.05, 0.1) is 0 Å². The van der Waals surface area contributed by atoms with Gasteiger partial charge in [0.15, 0.2) is 11.0 Å². The second-order valence-corrected chi connectivity index (χ2v) is 4.86. The summed E-state index contributed by atoms with van der Waals surface area (Å²) in [5, 5.41) is 8.74. The molecule has 0 atom stereocenters. The van der Waals surface area contributed by atoms with E-state index in [4.69, 9.17) is 11.6 Å². The number of hydrogen-bond donors (Lipinski definition) is 0. The molecule has 0 aliphatic carbocycles. The molecule has 3 nitrogen and oxygen atoms in total. The minimum absolute atomic E-state index is 0.363. The fourth-order valence-corrected chi connectivity index (χ4v) is 2.13.